The van der Waals surface area contributed by atoms with Crippen molar-refractivity contribution in [2.75, 3.05) is 6.61 Å². The summed E-state index contributed by atoms with van der Waals surface area (Å²) in [6, 6.07) is 18.8. The summed E-state index contributed by atoms with van der Waals surface area (Å²) < 4.78 is 6.87. The maximum absolute atomic E-state index is 13.2. The molecule has 0 aliphatic heterocycles. The van der Waals surface area contributed by atoms with E-state index in [2.05, 4.69) is 9.97 Å². The number of imidazole rings is 1. The molecule has 5 rings (SSSR count). The topological polar surface area (TPSA) is 89.9 Å². The second kappa shape index (κ2) is 9.78. The van der Waals surface area contributed by atoms with E-state index in [1.807, 2.05) is 0 Å². The quantitative estimate of drug-likeness (QED) is 0.255. The number of hydrogen-bond acceptors (Lipinski definition) is 5. The van der Waals surface area contributed by atoms with Crippen LogP contribution >= 0.6 is 34.8 Å². The number of ether oxygens (including phenoxy) is 1. The van der Waals surface area contributed by atoms with Gasteiger partial charge in [0.2, 0.25) is 0 Å². The van der Waals surface area contributed by atoms with Gasteiger partial charge in [0.1, 0.15) is 11.6 Å². The van der Waals surface area contributed by atoms with Gasteiger partial charge in [-0.3, -0.25) is 9.36 Å². The maximum Gasteiger partial charge on any atom is 0.338 e. The van der Waals surface area contributed by atoms with E-state index in [-0.39, 0.29) is 23.6 Å². The van der Waals surface area contributed by atoms with Crippen LogP contribution in [0.25, 0.3) is 39.6 Å². The predicted molar refractivity (Wildman–Crippen MR) is 141 cm³/mol. The standard InChI is InChI=1S/C26H17Cl3N4O3/c1-2-36-26(35)15-4-3-5-18(12-15)33-23(14-6-8-16(27)9-7-14)30-21-24(33)31-22(32-25(21)34)19-11-10-17(28)13-20(19)29/h3-13H,2H2,1H3,(H,31,32,34). The molecule has 180 valence electrons. The third-order valence-corrected chi connectivity index (χ3v) is 6.22. The van der Waals surface area contributed by atoms with E-state index in [0.717, 1.165) is 0 Å². The molecule has 10 heteroatoms. The number of rotatable bonds is 5. The highest BCUT2D eigenvalue weighted by Gasteiger charge is 2.21. The van der Waals surface area contributed by atoms with Gasteiger partial charge in [-0.2, -0.15) is 0 Å². The second-order valence-corrected chi connectivity index (χ2v) is 9.04. The van der Waals surface area contributed by atoms with E-state index in [1.165, 1.54) is 0 Å². The summed E-state index contributed by atoms with van der Waals surface area (Å²) in [6.45, 7) is 1.98. The summed E-state index contributed by atoms with van der Waals surface area (Å²) in [7, 11) is 0. The molecule has 5 aromatic rings. The summed E-state index contributed by atoms with van der Waals surface area (Å²) in [5, 5.41) is 1.35. The van der Waals surface area contributed by atoms with Gasteiger partial charge in [-0.15, -0.1) is 0 Å². The monoisotopic (exact) mass is 538 g/mol. The van der Waals surface area contributed by atoms with E-state index in [9.17, 15) is 9.59 Å². The van der Waals surface area contributed by atoms with E-state index < -0.39 is 11.5 Å². The molecule has 2 heterocycles. The average molecular weight is 540 g/mol. The number of carbonyl (C=O) groups is 1. The van der Waals surface area contributed by atoms with Crippen LogP contribution in [0.5, 0.6) is 0 Å². The summed E-state index contributed by atoms with van der Waals surface area (Å²) in [5.41, 5.74) is 2.08. The number of H-pyrrole nitrogens is 1. The SMILES string of the molecule is CCOC(=O)c1cccc(-n2c(-c3ccc(Cl)cc3)nc3c(=O)[nH]c(-c4ccc(Cl)cc4Cl)nc32)c1. The number of benzene rings is 3. The molecule has 3 aromatic carbocycles. The molecular weight excluding hydrogens is 523 g/mol. The molecule has 0 aliphatic carbocycles. The van der Waals surface area contributed by atoms with Gasteiger partial charge in [-0.25, -0.2) is 14.8 Å². The molecule has 2 aromatic heterocycles. The van der Waals surface area contributed by atoms with Crippen molar-refractivity contribution < 1.29 is 9.53 Å². The summed E-state index contributed by atoms with van der Waals surface area (Å²) in [6.07, 6.45) is 0. The third kappa shape index (κ3) is 4.48. The number of aromatic nitrogens is 4. The van der Waals surface area contributed by atoms with Crippen molar-refractivity contribution >= 4 is 51.9 Å². The first-order valence-corrected chi connectivity index (χ1v) is 12.0. The van der Waals surface area contributed by atoms with Crippen molar-refractivity contribution in [3.05, 3.63) is 97.7 Å². The van der Waals surface area contributed by atoms with E-state index in [1.54, 1.807) is 78.2 Å². The van der Waals surface area contributed by atoms with Gasteiger partial charge in [0.25, 0.3) is 5.56 Å². The van der Waals surface area contributed by atoms with Crippen molar-refractivity contribution in [2.45, 2.75) is 6.92 Å². The first-order chi connectivity index (χ1) is 17.4. The van der Waals surface area contributed by atoms with Gasteiger partial charge in [0.05, 0.1) is 22.9 Å². The molecule has 0 spiro atoms. The minimum absolute atomic E-state index is 0.121. The highest BCUT2D eigenvalue weighted by molar-refractivity contribution is 6.36. The zero-order valence-electron chi connectivity index (χ0n) is 18.8. The minimum atomic E-state index is -0.462. The van der Waals surface area contributed by atoms with Crippen molar-refractivity contribution in [3.8, 4) is 28.5 Å². The first kappa shape index (κ1) is 24.1. The van der Waals surface area contributed by atoms with Crippen LogP contribution in [0.3, 0.4) is 0 Å². The number of carbonyl (C=O) groups excluding carboxylic acids is 1. The van der Waals surface area contributed by atoms with Crippen LogP contribution in [-0.4, -0.2) is 32.1 Å². The smallest absolute Gasteiger partial charge is 0.338 e. The number of fused-ring (bicyclic) bond motifs is 1. The number of esters is 1. The van der Waals surface area contributed by atoms with Gasteiger partial charge in [-0.05, 0) is 67.6 Å². The predicted octanol–water partition coefficient (Wildman–Crippen LogP) is 6.58. The molecule has 0 saturated heterocycles. The molecule has 0 amide bonds. The Kier molecular flexibility index (Phi) is 6.53. The van der Waals surface area contributed by atoms with Gasteiger partial charge in [0.15, 0.2) is 11.2 Å². The fourth-order valence-electron chi connectivity index (χ4n) is 3.80. The Morgan fingerprint density at radius 3 is 2.44 bits per heavy atom. The summed E-state index contributed by atoms with van der Waals surface area (Å²) in [4.78, 5) is 37.7. The fourth-order valence-corrected chi connectivity index (χ4v) is 4.42. The lowest BCUT2D eigenvalue weighted by atomic mass is 10.1. The van der Waals surface area contributed by atoms with Crippen molar-refractivity contribution in [2.24, 2.45) is 0 Å². The zero-order chi connectivity index (χ0) is 25.4. The summed E-state index contributed by atoms with van der Waals surface area (Å²) in [5.74, 6) is 0.232. The zero-order valence-corrected chi connectivity index (χ0v) is 21.0. The second-order valence-electron chi connectivity index (χ2n) is 7.76. The highest BCUT2D eigenvalue weighted by atomic mass is 35.5. The van der Waals surface area contributed by atoms with Crippen molar-refractivity contribution in [1.29, 1.82) is 0 Å². The number of hydrogen-bond donors (Lipinski definition) is 1. The van der Waals surface area contributed by atoms with Gasteiger partial charge in [0, 0.05) is 21.2 Å². The molecular formula is C26H17Cl3N4O3. The average Bonchev–Trinajstić information content (AvgIpc) is 3.25. The van der Waals surface area contributed by atoms with Gasteiger partial charge >= 0.3 is 5.97 Å². The largest absolute Gasteiger partial charge is 0.462 e. The van der Waals surface area contributed by atoms with E-state index in [0.29, 0.717) is 43.3 Å². The Morgan fingerprint density at radius 2 is 1.72 bits per heavy atom. The number of nitrogens with zero attached hydrogens (tertiary/aromatic N) is 3. The Bertz CT molecular complexity index is 1680. The lowest BCUT2D eigenvalue weighted by molar-refractivity contribution is 0.0526. The molecule has 0 unspecified atom stereocenters. The molecule has 0 radical (unpaired) electrons. The van der Waals surface area contributed by atoms with Gasteiger partial charge in [-0.1, -0.05) is 40.9 Å². The Hall–Kier alpha value is -3.65. The molecule has 0 aliphatic rings. The lowest BCUT2D eigenvalue weighted by Gasteiger charge is -2.11. The fraction of sp³-hybridized carbons (Fsp3) is 0.0769. The number of halogens is 3. The van der Waals surface area contributed by atoms with Crippen LogP contribution in [0.2, 0.25) is 15.1 Å². The van der Waals surface area contributed by atoms with E-state index >= 15 is 0 Å². The highest BCUT2D eigenvalue weighted by Crippen LogP contribution is 2.31. The molecule has 0 bridgehead atoms. The van der Waals surface area contributed by atoms with Crippen LogP contribution in [0.15, 0.2) is 71.5 Å². The Balaban J connectivity index is 1.81. The van der Waals surface area contributed by atoms with Crippen LogP contribution in [0.1, 0.15) is 17.3 Å². The first-order valence-electron chi connectivity index (χ1n) is 10.9. The van der Waals surface area contributed by atoms with Crippen LogP contribution in [0.4, 0.5) is 0 Å². The van der Waals surface area contributed by atoms with Gasteiger partial charge < -0.3 is 9.72 Å². The molecule has 0 saturated carbocycles. The van der Waals surface area contributed by atoms with Crippen LogP contribution in [-0.2, 0) is 4.74 Å². The van der Waals surface area contributed by atoms with Crippen LogP contribution in [0, 0.1) is 0 Å². The maximum atomic E-state index is 13.2. The third-order valence-electron chi connectivity index (χ3n) is 5.42. The molecule has 0 fully saturated rings. The molecule has 7 nitrogen and oxygen atoms in total. The Morgan fingerprint density at radius 1 is 0.972 bits per heavy atom. The Labute approximate surface area is 220 Å². The number of nitrogens with one attached hydrogen (secondary N) is 1. The van der Waals surface area contributed by atoms with E-state index in [4.69, 9.17) is 44.5 Å². The number of aromatic amines is 1. The van der Waals surface area contributed by atoms with Crippen molar-refractivity contribution in [3.63, 3.8) is 0 Å². The lowest BCUT2D eigenvalue weighted by Crippen LogP contribution is -2.11. The van der Waals surface area contributed by atoms with Crippen LogP contribution < -0.4 is 5.56 Å². The molecule has 1 N–H and O–H groups in total. The van der Waals surface area contributed by atoms with Crippen molar-refractivity contribution in [1.82, 2.24) is 19.5 Å². The molecule has 36 heavy (non-hydrogen) atoms. The summed E-state index contributed by atoms with van der Waals surface area (Å²) >= 11 is 18.5. The molecule has 0 atom stereocenters. The normalized spacial score (nSPS) is 11.1. The minimum Gasteiger partial charge on any atom is -0.462 e.